The van der Waals surface area contributed by atoms with Crippen LogP contribution in [0.15, 0.2) is 6.20 Å². The Bertz CT molecular complexity index is 389. The first-order valence-corrected chi connectivity index (χ1v) is 8.63. The minimum Gasteiger partial charge on any atom is -0.493 e. The lowest BCUT2D eigenvalue weighted by Gasteiger charge is -2.22. The predicted molar refractivity (Wildman–Crippen MR) is 86.7 cm³/mol. The maximum absolute atomic E-state index is 5.54. The van der Waals surface area contributed by atoms with E-state index in [2.05, 4.69) is 28.9 Å². The van der Waals surface area contributed by atoms with Crippen molar-refractivity contribution in [3.8, 4) is 5.75 Å². The molecule has 1 fully saturated rings. The van der Waals surface area contributed by atoms with Gasteiger partial charge in [0.1, 0.15) is 0 Å². The van der Waals surface area contributed by atoms with Crippen molar-refractivity contribution in [1.29, 1.82) is 0 Å². The van der Waals surface area contributed by atoms with Crippen molar-refractivity contribution in [3.63, 3.8) is 0 Å². The predicted octanol–water partition coefficient (Wildman–Crippen LogP) is 3.92. The SMILES string of the molecule is CCCNC(CCC1CCCC1)c1c(OC)cnn1CC. The van der Waals surface area contributed by atoms with Gasteiger partial charge in [-0.1, -0.05) is 32.6 Å². The lowest BCUT2D eigenvalue weighted by Crippen LogP contribution is -2.25. The fraction of sp³-hybridized carbons (Fsp3) is 0.824. The van der Waals surface area contributed by atoms with Crippen molar-refractivity contribution in [2.45, 2.75) is 71.4 Å². The minimum atomic E-state index is 0.364. The van der Waals surface area contributed by atoms with E-state index in [0.29, 0.717) is 6.04 Å². The summed E-state index contributed by atoms with van der Waals surface area (Å²) in [5, 5.41) is 8.17. The van der Waals surface area contributed by atoms with E-state index in [1.165, 1.54) is 44.2 Å². The van der Waals surface area contributed by atoms with E-state index in [0.717, 1.165) is 31.2 Å². The Morgan fingerprint density at radius 3 is 2.76 bits per heavy atom. The van der Waals surface area contributed by atoms with Crippen molar-refractivity contribution in [1.82, 2.24) is 15.1 Å². The second kappa shape index (κ2) is 8.42. The topological polar surface area (TPSA) is 39.1 Å². The Labute approximate surface area is 129 Å². The Morgan fingerprint density at radius 2 is 2.14 bits per heavy atom. The van der Waals surface area contributed by atoms with Gasteiger partial charge in [0.2, 0.25) is 0 Å². The van der Waals surface area contributed by atoms with Crippen LogP contribution >= 0.6 is 0 Å². The Balaban J connectivity index is 2.08. The average molecular weight is 293 g/mol. The van der Waals surface area contributed by atoms with E-state index in [1.807, 2.05) is 6.20 Å². The van der Waals surface area contributed by atoms with Crippen LogP contribution in [0.5, 0.6) is 5.75 Å². The van der Waals surface area contributed by atoms with Crippen LogP contribution in [0.3, 0.4) is 0 Å². The number of aromatic nitrogens is 2. The van der Waals surface area contributed by atoms with Crippen molar-refractivity contribution >= 4 is 0 Å². The number of aryl methyl sites for hydroxylation is 1. The Kier molecular flexibility index (Phi) is 6.55. The normalized spacial score (nSPS) is 17.3. The first-order valence-electron chi connectivity index (χ1n) is 8.63. The summed E-state index contributed by atoms with van der Waals surface area (Å²) in [6.45, 7) is 6.30. The highest BCUT2D eigenvalue weighted by Gasteiger charge is 2.23. The molecule has 0 radical (unpaired) electrons. The van der Waals surface area contributed by atoms with E-state index in [4.69, 9.17) is 4.74 Å². The number of hydrogen-bond acceptors (Lipinski definition) is 3. The van der Waals surface area contributed by atoms with Crippen LogP contribution < -0.4 is 10.1 Å². The molecule has 1 unspecified atom stereocenters. The van der Waals surface area contributed by atoms with Gasteiger partial charge in [0.05, 0.1) is 25.0 Å². The van der Waals surface area contributed by atoms with Crippen LogP contribution in [0.25, 0.3) is 0 Å². The summed E-state index contributed by atoms with van der Waals surface area (Å²) >= 11 is 0. The maximum Gasteiger partial charge on any atom is 0.161 e. The molecule has 4 heteroatoms. The number of ether oxygens (including phenoxy) is 1. The zero-order valence-corrected chi connectivity index (χ0v) is 13.9. The molecule has 1 atom stereocenters. The second-order valence-electron chi connectivity index (χ2n) is 6.15. The molecule has 0 bridgehead atoms. The fourth-order valence-electron chi connectivity index (χ4n) is 3.49. The van der Waals surface area contributed by atoms with Crippen LogP contribution in [0.2, 0.25) is 0 Å². The molecule has 0 aromatic carbocycles. The van der Waals surface area contributed by atoms with E-state index >= 15 is 0 Å². The molecule has 0 spiro atoms. The van der Waals surface area contributed by atoms with Gasteiger partial charge in [0, 0.05) is 6.54 Å². The fourth-order valence-corrected chi connectivity index (χ4v) is 3.49. The Morgan fingerprint density at radius 1 is 1.38 bits per heavy atom. The summed E-state index contributed by atoms with van der Waals surface area (Å²) in [6.07, 6.45) is 11.2. The summed E-state index contributed by atoms with van der Waals surface area (Å²) in [6, 6.07) is 0.364. The summed E-state index contributed by atoms with van der Waals surface area (Å²) in [4.78, 5) is 0. The smallest absolute Gasteiger partial charge is 0.161 e. The van der Waals surface area contributed by atoms with Gasteiger partial charge in [0.15, 0.2) is 5.75 Å². The van der Waals surface area contributed by atoms with Gasteiger partial charge in [-0.15, -0.1) is 0 Å². The van der Waals surface area contributed by atoms with Gasteiger partial charge in [0.25, 0.3) is 0 Å². The molecule has 1 aliphatic carbocycles. The van der Waals surface area contributed by atoms with Gasteiger partial charge < -0.3 is 10.1 Å². The van der Waals surface area contributed by atoms with Gasteiger partial charge in [-0.25, -0.2) is 0 Å². The van der Waals surface area contributed by atoms with Crippen LogP contribution in [0.1, 0.15) is 70.5 Å². The molecule has 1 saturated carbocycles. The number of nitrogens with one attached hydrogen (secondary N) is 1. The summed E-state index contributed by atoms with van der Waals surface area (Å²) in [5.41, 5.74) is 1.23. The third kappa shape index (κ3) is 4.22. The standard InChI is InChI=1S/C17H31N3O/c1-4-12-18-15(11-10-14-8-6-7-9-14)17-16(21-3)13-19-20(17)5-2/h13-15,18H,4-12H2,1-3H3. The number of rotatable bonds is 9. The molecular formula is C17H31N3O. The Hall–Kier alpha value is -1.03. The lowest BCUT2D eigenvalue weighted by atomic mass is 9.96. The maximum atomic E-state index is 5.54. The second-order valence-corrected chi connectivity index (χ2v) is 6.15. The molecule has 4 nitrogen and oxygen atoms in total. The first-order chi connectivity index (χ1) is 10.3. The van der Waals surface area contributed by atoms with Crippen molar-refractivity contribution in [3.05, 3.63) is 11.9 Å². The highest BCUT2D eigenvalue weighted by Crippen LogP contribution is 2.34. The monoisotopic (exact) mass is 293 g/mol. The lowest BCUT2D eigenvalue weighted by molar-refractivity contribution is 0.365. The molecule has 1 aliphatic rings. The zero-order chi connectivity index (χ0) is 15.1. The molecule has 1 N–H and O–H groups in total. The van der Waals surface area contributed by atoms with E-state index < -0.39 is 0 Å². The number of nitrogens with zero attached hydrogens (tertiary/aromatic N) is 2. The molecule has 21 heavy (non-hydrogen) atoms. The third-order valence-corrected chi connectivity index (χ3v) is 4.67. The largest absolute Gasteiger partial charge is 0.493 e. The molecule has 1 aromatic rings. The van der Waals surface area contributed by atoms with E-state index in [1.54, 1.807) is 7.11 Å². The molecule has 0 saturated heterocycles. The summed E-state index contributed by atoms with van der Waals surface area (Å²) in [7, 11) is 1.74. The zero-order valence-electron chi connectivity index (χ0n) is 13.9. The molecule has 120 valence electrons. The minimum absolute atomic E-state index is 0.364. The average Bonchev–Trinajstić information content (AvgIpc) is 3.16. The molecule has 1 heterocycles. The number of methoxy groups -OCH3 is 1. The van der Waals surface area contributed by atoms with Gasteiger partial charge >= 0.3 is 0 Å². The van der Waals surface area contributed by atoms with Crippen molar-refractivity contribution in [2.24, 2.45) is 5.92 Å². The highest BCUT2D eigenvalue weighted by molar-refractivity contribution is 5.28. The summed E-state index contributed by atoms with van der Waals surface area (Å²) < 4.78 is 7.62. The van der Waals surface area contributed by atoms with Gasteiger partial charge in [-0.2, -0.15) is 5.10 Å². The molecule has 0 aliphatic heterocycles. The van der Waals surface area contributed by atoms with Crippen LogP contribution in [-0.4, -0.2) is 23.4 Å². The molecule has 2 rings (SSSR count). The third-order valence-electron chi connectivity index (χ3n) is 4.67. The van der Waals surface area contributed by atoms with E-state index in [9.17, 15) is 0 Å². The number of hydrogen-bond donors (Lipinski definition) is 1. The van der Waals surface area contributed by atoms with Crippen LogP contribution in [-0.2, 0) is 6.54 Å². The highest BCUT2D eigenvalue weighted by atomic mass is 16.5. The van der Waals surface area contributed by atoms with Crippen LogP contribution in [0, 0.1) is 5.92 Å². The van der Waals surface area contributed by atoms with Gasteiger partial charge in [-0.05, 0) is 38.6 Å². The van der Waals surface area contributed by atoms with Crippen molar-refractivity contribution < 1.29 is 4.74 Å². The first kappa shape index (κ1) is 16.3. The van der Waals surface area contributed by atoms with Crippen molar-refractivity contribution in [2.75, 3.05) is 13.7 Å². The van der Waals surface area contributed by atoms with Crippen LogP contribution in [0.4, 0.5) is 0 Å². The molecule has 1 aromatic heterocycles. The summed E-state index contributed by atoms with van der Waals surface area (Å²) in [5.74, 6) is 1.86. The van der Waals surface area contributed by atoms with E-state index in [-0.39, 0.29) is 0 Å². The quantitative estimate of drug-likeness (QED) is 0.750. The molecule has 0 amide bonds. The molecular weight excluding hydrogens is 262 g/mol. The van der Waals surface area contributed by atoms with Gasteiger partial charge in [-0.3, -0.25) is 4.68 Å².